The summed E-state index contributed by atoms with van der Waals surface area (Å²) in [5.74, 6) is 1.17. The van der Waals surface area contributed by atoms with Gasteiger partial charge in [-0.2, -0.15) is 0 Å². The van der Waals surface area contributed by atoms with Crippen molar-refractivity contribution in [3.8, 4) is 11.6 Å². The zero-order chi connectivity index (χ0) is 22.3. The Morgan fingerprint density at radius 3 is 2.32 bits per heavy atom. The number of carbonyl (C=O) groups excluding carboxylic acids is 1. The fourth-order valence-electron chi connectivity index (χ4n) is 2.68. The van der Waals surface area contributed by atoms with E-state index in [-0.39, 0.29) is 10.8 Å². The summed E-state index contributed by atoms with van der Waals surface area (Å²) in [4.78, 5) is 16.5. The standard InChI is InChI=1S/C23H25N3O4S/c1-17(2)14-15-24-23(27)18-8-13-22(25-16-18)30-20-11-9-19(10-12-20)26-31(28,29)21-6-4-3-5-7-21/h3-13,16-17,26H,14-15H2,1-2H3,(H,24,27). The number of hydrogen-bond acceptors (Lipinski definition) is 5. The number of amides is 1. The van der Waals surface area contributed by atoms with Gasteiger partial charge in [0.15, 0.2) is 0 Å². The smallest absolute Gasteiger partial charge is 0.261 e. The third kappa shape index (κ3) is 6.55. The Labute approximate surface area is 182 Å². The minimum atomic E-state index is -3.65. The molecule has 0 aliphatic carbocycles. The van der Waals surface area contributed by atoms with E-state index in [4.69, 9.17) is 4.74 Å². The Morgan fingerprint density at radius 2 is 1.71 bits per heavy atom. The van der Waals surface area contributed by atoms with E-state index in [2.05, 4.69) is 28.9 Å². The molecule has 0 aliphatic heterocycles. The first-order chi connectivity index (χ1) is 14.8. The molecule has 0 bridgehead atoms. The van der Waals surface area contributed by atoms with Gasteiger partial charge in [-0.1, -0.05) is 32.0 Å². The number of nitrogens with zero attached hydrogens (tertiary/aromatic N) is 1. The van der Waals surface area contributed by atoms with Crippen molar-refractivity contribution in [1.82, 2.24) is 10.3 Å². The monoisotopic (exact) mass is 439 g/mol. The lowest BCUT2D eigenvalue weighted by molar-refractivity contribution is 0.0951. The topological polar surface area (TPSA) is 97.4 Å². The fraction of sp³-hybridized carbons (Fsp3) is 0.217. The second-order valence-corrected chi connectivity index (χ2v) is 9.05. The lowest BCUT2D eigenvalue weighted by Gasteiger charge is -2.10. The molecule has 0 saturated carbocycles. The van der Waals surface area contributed by atoms with E-state index in [1.165, 1.54) is 18.3 Å². The Hall–Kier alpha value is -3.39. The summed E-state index contributed by atoms with van der Waals surface area (Å²) in [5, 5.41) is 2.86. The van der Waals surface area contributed by atoms with Crippen LogP contribution < -0.4 is 14.8 Å². The second kappa shape index (κ2) is 10.1. The van der Waals surface area contributed by atoms with Crippen LogP contribution in [-0.2, 0) is 10.0 Å². The maximum absolute atomic E-state index is 12.4. The molecular formula is C23H25N3O4S. The normalized spacial score (nSPS) is 11.2. The predicted octanol–water partition coefficient (Wildman–Crippen LogP) is 4.45. The van der Waals surface area contributed by atoms with E-state index in [1.54, 1.807) is 54.6 Å². The van der Waals surface area contributed by atoms with Crippen LogP contribution in [0.5, 0.6) is 11.6 Å². The molecule has 0 fully saturated rings. The van der Waals surface area contributed by atoms with E-state index in [1.807, 2.05) is 0 Å². The van der Waals surface area contributed by atoms with E-state index in [0.717, 1.165) is 6.42 Å². The number of sulfonamides is 1. The Kier molecular flexibility index (Phi) is 7.25. The first-order valence-electron chi connectivity index (χ1n) is 9.93. The Bertz CT molecular complexity index is 1100. The fourth-order valence-corrected chi connectivity index (χ4v) is 3.76. The number of anilines is 1. The molecule has 1 aromatic heterocycles. The van der Waals surface area contributed by atoms with E-state index >= 15 is 0 Å². The maximum Gasteiger partial charge on any atom is 0.261 e. The van der Waals surface area contributed by atoms with Crippen molar-refractivity contribution in [2.45, 2.75) is 25.2 Å². The number of aromatic nitrogens is 1. The van der Waals surface area contributed by atoms with Gasteiger partial charge in [0.05, 0.1) is 10.5 Å². The second-order valence-electron chi connectivity index (χ2n) is 7.37. The minimum absolute atomic E-state index is 0.172. The quantitative estimate of drug-likeness (QED) is 0.513. The highest BCUT2D eigenvalue weighted by molar-refractivity contribution is 7.92. The third-order valence-electron chi connectivity index (χ3n) is 4.39. The molecule has 0 spiro atoms. The molecule has 1 heterocycles. The molecule has 2 aromatic carbocycles. The van der Waals surface area contributed by atoms with Crippen LogP contribution >= 0.6 is 0 Å². The molecule has 0 radical (unpaired) electrons. The first kappa shape index (κ1) is 22.3. The van der Waals surface area contributed by atoms with Gasteiger partial charge in [-0.15, -0.1) is 0 Å². The van der Waals surface area contributed by atoms with E-state index < -0.39 is 10.0 Å². The van der Waals surface area contributed by atoms with Crippen LogP contribution in [0, 0.1) is 5.92 Å². The highest BCUT2D eigenvalue weighted by Crippen LogP contribution is 2.23. The van der Waals surface area contributed by atoms with Crippen LogP contribution in [0.2, 0.25) is 0 Å². The molecule has 3 aromatic rings. The summed E-state index contributed by atoms with van der Waals surface area (Å²) in [6.45, 7) is 4.82. The van der Waals surface area contributed by atoms with Gasteiger partial charge < -0.3 is 10.1 Å². The van der Waals surface area contributed by atoms with Gasteiger partial charge >= 0.3 is 0 Å². The van der Waals surface area contributed by atoms with Crippen molar-refractivity contribution in [2.24, 2.45) is 5.92 Å². The molecule has 0 aliphatic rings. The average molecular weight is 440 g/mol. The van der Waals surface area contributed by atoms with Crippen LogP contribution in [0.15, 0.2) is 77.8 Å². The zero-order valence-electron chi connectivity index (χ0n) is 17.4. The lowest BCUT2D eigenvalue weighted by Crippen LogP contribution is -2.25. The minimum Gasteiger partial charge on any atom is -0.439 e. The van der Waals surface area contributed by atoms with Gasteiger partial charge in [-0.3, -0.25) is 9.52 Å². The van der Waals surface area contributed by atoms with Gasteiger partial charge in [0.1, 0.15) is 5.75 Å². The number of benzene rings is 2. The van der Waals surface area contributed by atoms with Crippen molar-refractivity contribution in [3.63, 3.8) is 0 Å². The number of ether oxygens (including phenoxy) is 1. The summed E-state index contributed by atoms with van der Waals surface area (Å²) in [6, 6.07) is 17.9. The van der Waals surface area contributed by atoms with Crippen molar-refractivity contribution < 1.29 is 17.9 Å². The molecule has 1 amide bonds. The number of pyridine rings is 1. The van der Waals surface area contributed by atoms with Crippen LogP contribution in [0.4, 0.5) is 5.69 Å². The summed E-state index contributed by atoms with van der Waals surface area (Å²) < 4.78 is 33.0. The largest absolute Gasteiger partial charge is 0.439 e. The van der Waals surface area contributed by atoms with Crippen molar-refractivity contribution in [3.05, 3.63) is 78.5 Å². The number of nitrogens with one attached hydrogen (secondary N) is 2. The molecule has 31 heavy (non-hydrogen) atoms. The number of rotatable bonds is 9. The lowest BCUT2D eigenvalue weighted by atomic mass is 10.1. The highest BCUT2D eigenvalue weighted by atomic mass is 32.2. The maximum atomic E-state index is 12.4. The predicted molar refractivity (Wildman–Crippen MR) is 120 cm³/mol. The van der Waals surface area contributed by atoms with E-state index in [0.29, 0.717) is 35.3 Å². The molecule has 7 nitrogen and oxygen atoms in total. The van der Waals surface area contributed by atoms with Crippen LogP contribution in [0.25, 0.3) is 0 Å². The SMILES string of the molecule is CC(C)CCNC(=O)c1ccc(Oc2ccc(NS(=O)(=O)c3ccccc3)cc2)nc1. The molecule has 0 unspecified atom stereocenters. The third-order valence-corrected chi connectivity index (χ3v) is 5.79. The number of carbonyl (C=O) groups is 1. The average Bonchev–Trinajstić information content (AvgIpc) is 2.76. The molecule has 2 N–H and O–H groups in total. The molecule has 0 saturated heterocycles. The molecule has 162 valence electrons. The van der Waals surface area contributed by atoms with Crippen molar-refractivity contribution in [1.29, 1.82) is 0 Å². The summed E-state index contributed by atoms with van der Waals surface area (Å²) in [6.07, 6.45) is 2.38. The van der Waals surface area contributed by atoms with Crippen molar-refractivity contribution >= 4 is 21.6 Å². The summed E-state index contributed by atoms with van der Waals surface area (Å²) >= 11 is 0. The van der Waals surface area contributed by atoms with Crippen LogP contribution in [-0.4, -0.2) is 25.9 Å². The molecule has 8 heteroatoms. The van der Waals surface area contributed by atoms with Gasteiger partial charge in [-0.25, -0.2) is 13.4 Å². The summed E-state index contributed by atoms with van der Waals surface area (Å²) in [5.41, 5.74) is 0.874. The Morgan fingerprint density at radius 1 is 1.00 bits per heavy atom. The van der Waals surface area contributed by atoms with E-state index in [9.17, 15) is 13.2 Å². The van der Waals surface area contributed by atoms with Crippen molar-refractivity contribution in [2.75, 3.05) is 11.3 Å². The molecular weight excluding hydrogens is 414 g/mol. The van der Waals surface area contributed by atoms with Gasteiger partial charge in [0.2, 0.25) is 5.88 Å². The van der Waals surface area contributed by atoms with Gasteiger partial charge in [0.25, 0.3) is 15.9 Å². The Balaban J connectivity index is 1.58. The van der Waals surface area contributed by atoms with Gasteiger partial charge in [0, 0.05) is 24.5 Å². The molecule has 0 atom stereocenters. The highest BCUT2D eigenvalue weighted by Gasteiger charge is 2.13. The summed E-state index contributed by atoms with van der Waals surface area (Å²) in [7, 11) is -3.65. The van der Waals surface area contributed by atoms with Gasteiger partial charge in [-0.05, 0) is 54.8 Å². The first-order valence-corrected chi connectivity index (χ1v) is 11.4. The molecule has 3 rings (SSSR count). The zero-order valence-corrected chi connectivity index (χ0v) is 18.2. The van der Waals surface area contributed by atoms with Crippen LogP contribution in [0.1, 0.15) is 30.6 Å². The van der Waals surface area contributed by atoms with Crippen LogP contribution in [0.3, 0.4) is 0 Å². The number of hydrogen-bond donors (Lipinski definition) is 2.